The lowest BCUT2D eigenvalue weighted by molar-refractivity contribution is -0.127. The Bertz CT molecular complexity index is 863. The predicted octanol–water partition coefficient (Wildman–Crippen LogP) is 4.43. The Morgan fingerprint density at radius 2 is 1.88 bits per heavy atom. The van der Waals surface area contributed by atoms with Gasteiger partial charge in [-0.1, -0.05) is 12.1 Å². The molecular weight excluding hydrogens is 344 g/mol. The van der Waals surface area contributed by atoms with Crippen molar-refractivity contribution in [1.29, 1.82) is 0 Å². The molecule has 2 atom stereocenters. The molecule has 0 saturated carbocycles. The first kappa shape index (κ1) is 18.1. The zero-order valence-corrected chi connectivity index (χ0v) is 15.9. The summed E-state index contributed by atoms with van der Waals surface area (Å²) < 4.78 is 5.85. The zero-order valence-electron chi connectivity index (χ0n) is 15.1. The fourth-order valence-corrected chi connectivity index (χ4v) is 3.44. The topological polar surface area (TPSA) is 51.2 Å². The molecule has 2 aromatic heterocycles. The number of nitrogens with zero attached hydrogens (tertiary/aromatic N) is 1. The number of aryl methyl sites for hydroxylation is 2. The molecule has 0 fully saturated rings. The Hall–Kier alpha value is -2.66. The lowest BCUT2D eigenvalue weighted by atomic mass is 10.1. The van der Waals surface area contributed by atoms with Gasteiger partial charge in [0.15, 0.2) is 6.10 Å². The van der Waals surface area contributed by atoms with Crippen LogP contribution in [0.3, 0.4) is 0 Å². The summed E-state index contributed by atoms with van der Waals surface area (Å²) >= 11 is 1.61. The van der Waals surface area contributed by atoms with Crippen LogP contribution in [0.4, 0.5) is 0 Å². The average Bonchev–Trinajstić information content (AvgIpc) is 3.17. The molecule has 134 valence electrons. The van der Waals surface area contributed by atoms with Gasteiger partial charge in [-0.2, -0.15) is 0 Å². The van der Waals surface area contributed by atoms with Crippen molar-refractivity contribution in [2.45, 2.75) is 32.9 Å². The third-order valence-corrected chi connectivity index (χ3v) is 5.25. The number of ether oxygens (including phenoxy) is 1. The monoisotopic (exact) mass is 366 g/mol. The highest BCUT2D eigenvalue weighted by Crippen LogP contribution is 2.26. The lowest BCUT2D eigenvalue weighted by Gasteiger charge is -2.21. The molecule has 26 heavy (non-hydrogen) atoms. The van der Waals surface area contributed by atoms with Crippen molar-refractivity contribution in [3.05, 3.63) is 81.8 Å². The molecule has 0 unspecified atom stereocenters. The number of amides is 1. The van der Waals surface area contributed by atoms with Crippen LogP contribution in [0.1, 0.15) is 34.5 Å². The molecule has 2 heterocycles. The highest BCUT2D eigenvalue weighted by Gasteiger charge is 2.22. The van der Waals surface area contributed by atoms with Gasteiger partial charge in [0.1, 0.15) is 5.75 Å². The first-order chi connectivity index (χ1) is 12.5. The summed E-state index contributed by atoms with van der Waals surface area (Å²) in [5.41, 5.74) is 3.34. The third kappa shape index (κ3) is 4.29. The predicted molar refractivity (Wildman–Crippen MR) is 105 cm³/mol. The van der Waals surface area contributed by atoms with Crippen molar-refractivity contribution in [2.24, 2.45) is 0 Å². The summed E-state index contributed by atoms with van der Waals surface area (Å²) in [5, 5.41) is 5.11. The van der Waals surface area contributed by atoms with Crippen molar-refractivity contribution in [1.82, 2.24) is 10.3 Å². The third-order valence-electron chi connectivity index (χ3n) is 4.31. The van der Waals surface area contributed by atoms with Crippen LogP contribution in [-0.4, -0.2) is 17.0 Å². The van der Waals surface area contributed by atoms with Crippen LogP contribution in [0, 0.1) is 13.8 Å². The van der Waals surface area contributed by atoms with Gasteiger partial charge in [-0.25, -0.2) is 0 Å². The zero-order chi connectivity index (χ0) is 18.5. The molecule has 0 aliphatic carbocycles. The molecule has 3 aromatic rings. The molecule has 0 aliphatic rings. The molecule has 0 saturated heterocycles. The van der Waals surface area contributed by atoms with Crippen LogP contribution in [-0.2, 0) is 4.79 Å². The Labute approximate surface area is 157 Å². The number of aromatic nitrogens is 1. The fourth-order valence-electron chi connectivity index (χ4n) is 2.63. The molecule has 0 bridgehead atoms. The molecule has 4 nitrogen and oxygen atoms in total. The Morgan fingerprint density at radius 1 is 1.12 bits per heavy atom. The molecule has 3 rings (SSSR count). The van der Waals surface area contributed by atoms with E-state index in [9.17, 15) is 4.79 Å². The van der Waals surface area contributed by atoms with E-state index < -0.39 is 6.10 Å². The van der Waals surface area contributed by atoms with Gasteiger partial charge < -0.3 is 10.1 Å². The van der Waals surface area contributed by atoms with Crippen molar-refractivity contribution < 1.29 is 9.53 Å². The van der Waals surface area contributed by atoms with Gasteiger partial charge in [0.2, 0.25) is 0 Å². The van der Waals surface area contributed by atoms with E-state index in [1.165, 1.54) is 5.56 Å². The summed E-state index contributed by atoms with van der Waals surface area (Å²) in [4.78, 5) is 17.9. The quantitative estimate of drug-likeness (QED) is 0.702. The minimum absolute atomic E-state index is 0.154. The van der Waals surface area contributed by atoms with Crippen molar-refractivity contribution in [2.75, 3.05) is 0 Å². The second kappa shape index (κ2) is 8.15. The summed E-state index contributed by atoms with van der Waals surface area (Å²) in [7, 11) is 0. The highest BCUT2D eigenvalue weighted by atomic mass is 32.1. The number of carbonyl (C=O) groups is 1. The molecular formula is C21H22N2O2S. The van der Waals surface area contributed by atoms with E-state index in [1.807, 2.05) is 54.8 Å². The second-order valence-electron chi connectivity index (χ2n) is 6.24. The number of pyridine rings is 1. The average molecular weight is 366 g/mol. The molecule has 1 N–H and O–H groups in total. The molecule has 1 amide bonds. The van der Waals surface area contributed by atoms with Gasteiger partial charge in [-0.3, -0.25) is 9.78 Å². The molecule has 0 radical (unpaired) electrons. The maximum absolute atomic E-state index is 12.7. The van der Waals surface area contributed by atoms with E-state index in [0.29, 0.717) is 5.75 Å². The van der Waals surface area contributed by atoms with Crippen LogP contribution in [0.15, 0.2) is 60.2 Å². The van der Waals surface area contributed by atoms with Crippen LogP contribution >= 0.6 is 11.3 Å². The Kier molecular flexibility index (Phi) is 5.68. The number of hydrogen-bond donors (Lipinski definition) is 1. The van der Waals surface area contributed by atoms with Gasteiger partial charge >= 0.3 is 0 Å². The maximum atomic E-state index is 12.7. The van der Waals surface area contributed by atoms with Gasteiger partial charge in [-0.05, 0) is 73.2 Å². The molecule has 0 aliphatic heterocycles. The van der Waals surface area contributed by atoms with Crippen LogP contribution in [0.5, 0.6) is 5.75 Å². The van der Waals surface area contributed by atoms with Crippen molar-refractivity contribution in [3.8, 4) is 5.75 Å². The smallest absolute Gasteiger partial charge is 0.261 e. The number of rotatable bonds is 6. The minimum atomic E-state index is -0.596. The molecule has 5 heteroatoms. The maximum Gasteiger partial charge on any atom is 0.261 e. The summed E-state index contributed by atoms with van der Waals surface area (Å²) in [6.07, 6.45) is 2.87. The van der Waals surface area contributed by atoms with E-state index in [-0.39, 0.29) is 11.9 Å². The van der Waals surface area contributed by atoms with Crippen molar-refractivity contribution in [3.63, 3.8) is 0 Å². The number of carbonyl (C=O) groups excluding carboxylic acids is 1. The number of hydrogen-bond acceptors (Lipinski definition) is 4. The summed E-state index contributed by atoms with van der Waals surface area (Å²) in [5.74, 6) is 0.547. The van der Waals surface area contributed by atoms with Gasteiger partial charge in [-0.15, -0.1) is 11.3 Å². The highest BCUT2D eigenvalue weighted by molar-refractivity contribution is 7.10. The van der Waals surface area contributed by atoms with E-state index in [1.54, 1.807) is 30.7 Å². The van der Waals surface area contributed by atoms with Gasteiger partial charge in [0.05, 0.1) is 6.04 Å². The largest absolute Gasteiger partial charge is 0.481 e. The van der Waals surface area contributed by atoms with E-state index in [4.69, 9.17) is 4.74 Å². The first-order valence-electron chi connectivity index (χ1n) is 8.52. The Balaban J connectivity index is 1.74. The standard InChI is InChI=1S/C21H22N2O2S/c1-14-6-7-18(13-15(14)2)25-16(3)21(24)23-20(19-5-4-12-26-19)17-8-10-22-11-9-17/h4-13,16,20H,1-3H3,(H,23,24)/t16-,20-/m0/s1. The summed E-state index contributed by atoms with van der Waals surface area (Å²) in [6.45, 7) is 5.85. The van der Waals surface area contributed by atoms with E-state index in [0.717, 1.165) is 16.0 Å². The summed E-state index contributed by atoms with van der Waals surface area (Å²) in [6, 6.07) is 13.5. The SMILES string of the molecule is Cc1ccc(O[C@@H](C)C(=O)N[C@@H](c2ccncc2)c2cccs2)cc1C. The lowest BCUT2D eigenvalue weighted by Crippen LogP contribution is -2.38. The Morgan fingerprint density at radius 3 is 2.54 bits per heavy atom. The fraction of sp³-hybridized carbons (Fsp3) is 0.238. The van der Waals surface area contributed by atoms with E-state index >= 15 is 0 Å². The number of benzene rings is 1. The number of thiophene rings is 1. The first-order valence-corrected chi connectivity index (χ1v) is 9.40. The van der Waals surface area contributed by atoms with Crippen LogP contribution in [0.25, 0.3) is 0 Å². The van der Waals surface area contributed by atoms with Crippen LogP contribution < -0.4 is 10.1 Å². The molecule has 1 aromatic carbocycles. The second-order valence-corrected chi connectivity index (χ2v) is 7.22. The molecule has 0 spiro atoms. The van der Waals surface area contributed by atoms with Crippen LogP contribution in [0.2, 0.25) is 0 Å². The van der Waals surface area contributed by atoms with Crippen molar-refractivity contribution >= 4 is 17.2 Å². The minimum Gasteiger partial charge on any atom is -0.481 e. The normalized spacial score (nSPS) is 13.0. The van der Waals surface area contributed by atoms with E-state index in [2.05, 4.69) is 17.2 Å². The number of nitrogens with one attached hydrogen (secondary N) is 1. The van der Waals surface area contributed by atoms with Gasteiger partial charge in [0.25, 0.3) is 5.91 Å². The van der Waals surface area contributed by atoms with Gasteiger partial charge in [0, 0.05) is 17.3 Å².